The Balaban J connectivity index is 2.81. The third kappa shape index (κ3) is 5.49. The van der Waals surface area contributed by atoms with Crippen LogP contribution in [0.5, 0.6) is 11.5 Å². The summed E-state index contributed by atoms with van der Waals surface area (Å²) in [6, 6.07) is 0.347. The highest BCUT2D eigenvalue weighted by atomic mass is 19.4. The fourth-order valence-corrected chi connectivity index (χ4v) is 1.05. The highest BCUT2D eigenvalue weighted by Gasteiger charge is 2.30. The number of halogens is 8. The molecule has 0 bridgehead atoms. The molecule has 0 aromatic heterocycles. The van der Waals surface area contributed by atoms with E-state index < -0.39 is 48.7 Å². The van der Waals surface area contributed by atoms with E-state index in [-0.39, 0.29) is 12.1 Å². The Bertz CT molecular complexity index is 422. The van der Waals surface area contributed by atoms with E-state index in [1.807, 2.05) is 0 Å². The van der Waals surface area contributed by atoms with Crippen molar-refractivity contribution in [1.82, 2.24) is 0 Å². The van der Waals surface area contributed by atoms with Gasteiger partial charge in [0.1, 0.15) is 0 Å². The standard InChI is InChI=1S/C10H6F8O2/c11-5-1-7(19-3-9(13,14)15)6(12)2-8(5)20-4-10(16,17)18/h1-2H,3-4H2. The summed E-state index contributed by atoms with van der Waals surface area (Å²) in [6.07, 6.45) is -9.54. The number of hydrogen-bond donors (Lipinski definition) is 0. The van der Waals surface area contributed by atoms with Gasteiger partial charge in [0.15, 0.2) is 36.3 Å². The van der Waals surface area contributed by atoms with Gasteiger partial charge in [0.25, 0.3) is 0 Å². The zero-order valence-corrected chi connectivity index (χ0v) is 9.41. The van der Waals surface area contributed by atoms with Gasteiger partial charge in [-0.3, -0.25) is 0 Å². The van der Waals surface area contributed by atoms with Crippen molar-refractivity contribution in [3.63, 3.8) is 0 Å². The molecule has 2 nitrogen and oxygen atoms in total. The van der Waals surface area contributed by atoms with Crippen molar-refractivity contribution in [3.8, 4) is 11.5 Å². The van der Waals surface area contributed by atoms with Crippen molar-refractivity contribution >= 4 is 0 Å². The third-order valence-corrected chi connectivity index (χ3v) is 1.77. The van der Waals surface area contributed by atoms with Crippen LogP contribution in [0.2, 0.25) is 0 Å². The molecule has 0 amide bonds. The van der Waals surface area contributed by atoms with Crippen LogP contribution in [0, 0.1) is 11.6 Å². The number of benzene rings is 1. The first-order valence-corrected chi connectivity index (χ1v) is 4.86. The first kappa shape index (κ1) is 16.3. The predicted octanol–water partition coefficient (Wildman–Crippen LogP) is 3.85. The molecule has 10 heteroatoms. The van der Waals surface area contributed by atoms with Crippen LogP contribution in [0.3, 0.4) is 0 Å². The number of hydrogen-bond acceptors (Lipinski definition) is 2. The van der Waals surface area contributed by atoms with E-state index in [1.165, 1.54) is 0 Å². The molecule has 0 aliphatic carbocycles. The topological polar surface area (TPSA) is 18.5 Å². The summed E-state index contributed by atoms with van der Waals surface area (Å²) in [5, 5.41) is 0. The molecule has 1 aromatic carbocycles. The lowest BCUT2D eigenvalue weighted by Gasteiger charge is -2.13. The third-order valence-electron chi connectivity index (χ3n) is 1.77. The van der Waals surface area contributed by atoms with Gasteiger partial charge < -0.3 is 9.47 Å². The highest BCUT2D eigenvalue weighted by Crippen LogP contribution is 2.29. The van der Waals surface area contributed by atoms with E-state index in [9.17, 15) is 35.1 Å². The maximum atomic E-state index is 13.2. The number of rotatable bonds is 4. The average molecular weight is 310 g/mol. The van der Waals surface area contributed by atoms with Crippen LogP contribution in [0.4, 0.5) is 35.1 Å². The minimum Gasteiger partial charge on any atom is -0.481 e. The molecule has 0 heterocycles. The zero-order chi connectivity index (χ0) is 15.6. The minimum absolute atomic E-state index is 0.173. The van der Waals surface area contributed by atoms with E-state index in [0.717, 1.165) is 0 Å². The van der Waals surface area contributed by atoms with Crippen molar-refractivity contribution in [3.05, 3.63) is 23.8 Å². The van der Waals surface area contributed by atoms with Gasteiger partial charge >= 0.3 is 12.4 Å². The molecule has 0 radical (unpaired) electrons. The van der Waals surface area contributed by atoms with Gasteiger partial charge in [0, 0.05) is 12.1 Å². The van der Waals surface area contributed by atoms with Crippen LogP contribution in [-0.2, 0) is 0 Å². The Morgan fingerprint density at radius 3 is 1.25 bits per heavy atom. The Hall–Kier alpha value is -1.74. The average Bonchev–Trinajstić information content (AvgIpc) is 2.25. The van der Waals surface area contributed by atoms with E-state index in [1.54, 1.807) is 0 Å². The Morgan fingerprint density at radius 1 is 0.700 bits per heavy atom. The molecule has 1 rings (SSSR count). The van der Waals surface area contributed by atoms with Crippen molar-refractivity contribution in [2.75, 3.05) is 13.2 Å². The molecular weight excluding hydrogens is 304 g/mol. The highest BCUT2D eigenvalue weighted by molar-refractivity contribution is 5.34. The summed E-state index contributed by atoms with van der Waals surface area (Å²) < 4.78 is 105. The van der Waals surface area contributed by atoms with Crippen molar-refractivity contribution in [2.24, 2.45) is 0 Å². The van der Waals surface area contributed by atoms with Crippen molar-refractivity contribution in [1.29, 1.82) is 0 Å². The van der Waals surface area contributed by atoms with Gasteiger partial charge in [-0.2, -0.15) is 26.3 Å². The van der Waals surface area contributed by atoms with Crippen molar-refractivity contribution < 1.29 is 44.6 Å². The largest absolute Gasteiger partial charge is 0.481 e. The molecule has 0 aliphatic rings. The second kappa shape index (κ2) is 5.71. The number of alkyl halides is 6. The molecule has 0 N–H and O–H groups in total. The second-order valence-electron chi connectivity index (χ2n) is 3.52. The summed E-state index contributed by atoms with van der Waals surface area (Å²) in [5.41, 5.74) is 0. The van der Waals surface area contributed by atoms with Crippen molar-refractivity contribution in [2.45, 2.75) is 12.4 Å². The quantitative estimate of drug-likeness (QED) is 0.787. The number of ether oxygens (including phenoxy) is 2. The first-order valence-electron chi connectivity index (χ1n) is 4.86. The van der Waals surface area contributed by atoms with Crippen LogP contribution >= 0.6 is 0 Å². The van der Waals surface area contributed by atoms with Gasteiger partial charge in [-0.05, 0) is 0 Å². The first-order chi connectivity index (χ1) is 8.98. The SMILES string of the molecule is Fc1cc(OCC(F)(F)F)c(F)cc1OCC(F)(F)F. The Labute approximate surface area is 106 Å². The smallest absolute Gasteiger partial charge is 0.422 e. The maximum Gasteiger partial charge on any atom is 0.422 e. The lowest BCUT2D eigenvalue weighted by molar-refractivity contribution is -0.155. The lowest BCUT2D eigenvalue weighted by atomic mass is 10.3. The van der Waals surface area contributed by atoms with Gasteiger partial charge in [-0.15, -0.1) is 0 Å². The molecule has 0 fully saturated rings. The predicted molar refractivity (Wildman–Crippen MR) is 49.5 cm³/mol. The molecule has 0 unspecified atom stereocenters. The summed E-state index contributed by atoms with van der Waals surface area (Å²) >= 11 is 0. The van der Waals surface area contributed by atoms with Crippen LogP contribution in [0.15, 0.2) is 12.1 Å². The summed E-state index contributed by atoms with van der Waals surface area (Å²) in [5.74, 6) is -5.13. The fraction of sp³-hybridized carbons (Fsp3) is 0.400. The van der Waals surface area contributed by atoms with E-state index >= 15 is 0 Å². The van der Waals surface area contributed by atoms with Gasteiger partial charge in [-0.25, -0.2) is 8.78 Å². The Kier molecular flexibility index (Phi) is 4.66. The maximum absolute atomic E-state index is 13.2. The van der Waals surface area contributed by atoms with E-state index in [4.69, 9.17) is 0 Å². The van der Waals surface area contributed by atoms with Gasteiger partial charge in [-0.1, -0.05) is 0 Å². The van der Waals surface area contributed by atoms with E-state index in [2.05, 4.69) is 9.47 Å². The van der Waals surface area contributed by atoms with Crippen LogP contribution in [0.1, 0.15) is 0 Å². The molecule has 20 heavy (non-hydrogen) atoms. The molecule has 0 saturated heterocycles. The molecule has 0 saturated carbocycles. The molecule has 0 aliphatic heterocycles. The van der Waals surface area contributed by atoms with Crippen LogP contribution in [0.25, 0.3) is 0 Å². The van der Waals surface area contributed by atoms with Gasteiger partial charge in [0.2, 0.25) is 0 Å². The molecular formula is C10H6F8O2. The van der Waals surface area contributed by atoms with Gasteiger partial charge in [0.05, 0.1) is 0 Å². The summed E-state index contributed by atoms with van der Waals surface area (Å²) in [7, 11) is 0. The van der Waals surface area contributed by atoms with Crippen LogP contribution in [-0.4, -0.2) is 25.6 Å². The monoisotopic (exact) mass is 310 g/mol. The molecule has 0 atom stereocenters. The summed E-state index contributed by atoms with van der Waals surface area (Å²) in [4.78, 5) is 0. The van der Waals surface area contributed by atoms with E-state index in [0.29, 0.717) is 0 Å². The minimum atomic E-state index is -4.77. The fourth-order valence-electron chi connectivity index (χ4n) is 1.05. The molecule has 0 spiro atoms. The molecule has 114 valence electrons. The second-order valence-corrected chi connectivity index (χ2v) is 3.52. The van der Waals surface area contributed by atoms with Crippen LogP contribution < -0.4 is 9.47 Å². The normalized spacial score (nSPS) is 12.4. The zero-order valence-electron chi connectivity index (χ0n) is 9.41. The summed E-state index contributed by atoms with van der Waals surface area (Å²) in [6.45, 7) is -3.74. The molecule has 1 aromatic rings. The lowest BCUT2D eigenvalue weighted by Crippen LogP contribution is -2.20. The Morgan fingerprint density at radius 2 is 1.00 bits per heavy atom.